The Morgan fingerprint density at radius 1 is 1.00 bits per heavy atom. The van der Waals surface area contributed by atoms with E-state index >= 15 is 0 Å². The third-order valence-corrected chi connectivity index (χ3v) is 4.16. The molecule has 0 fully saturated rings. The summed E-state index contributed by atoms with van der Waals surface area (Å²) in [6, 6.07) is 6.58. The van der Waals surface area contributed by atoms with Crippen molar-refractivity contribution in [3.63, 3.8) is 0 Å². The molecule has 0 saturated heterocycles. The van der Waals surface area contributed by atoms with Gasteiger partial charge in [0.1, 0.15) is 0 Å². The molecule has 0 bridgehead atoms. The second-order valence-electron chi connectivity index (χ2n) is 5.76. The number of esters is 1. The topological polar surface area (TPSA) is 93.2 Å². The summed E-state index contributed by atoms with van der Waals surface area (Å²) >= 11 is 0. The van der Waals surface area contributed by atoms with Crippen LogP contribution in [-0.4, -0.2) is 74.0 Å². The number of carbonyl (C=O) groups is 4. The van der Waals surface area contributed by atoms with Crippen LogP contribution in [0.3, 0.4) is 0 Å². The van der Waals surface area contributed by atoms with Gasteiger partial charge < -0.3 is 14.4 Å². The monoisotopic (exact) mass is 362 g/mol. The molecule has 3 amide bonds. The average Bonchev–Trinajstić information content (AvgIpc) is 2.90. The number of hydrogen-bond acceptors (Lipinski definition) is 6. The van der Waals surface area contributed by atoms with Crippen molar-refractivity contribution in [3.8, 4) is 0 Å². The lowest BCUT2D eigenvalue weighted by atomic mass is 10.1. The summed E-state index contributed by atoms with van der Waals surface area (Å²) in [7, 11) is 2.80. The van der Waals surface area contributed by atoms with Crippen molar-refractivity contribution in [2.45, 2.75) is 12.8 Å². The summed E-state index contributed by atoms with van der Waals surface area (Å²) < 4.78 is 9.57. The van der Waals surface area contributed by atoms with Crippen LogP contribution in [-0.2, 0) is 19.1 Å². The van der Waals surface area contributed by atoms with Crippen molar-refractivity contribution < 1.29 is 28.7 Å². The Balaban J connectivity index is 1.95. The van der Waals surface area contributed by atoms with Gasteiger partial charge in [-0.2, -0.15) is 0 Å². The summed E-state index contributed by atoms with van der Waals surface area (Å²) in [4.78, 5) is 50.9. The van der Waals surface area contributed by atoms with E-state index in [-0.39, 0.29) is 31.8 Å². The second-order valence-corrected chi connectivity index (χ2v) is 5.76. The Hall–Kier alpha value is -2.74. The predicted octanol–water partition coefficient (Wildman–Crippen LogP) is 0.711. The van der Waals surface area contributed by atoms with Gasteiger partial charge in [0, 0.05) is 33.2 Å². The number of nitrogens with zero attached hydrogens (tertiary/aromatic N) is 2. The highest BCUT2D eigenvalue weighted by Gasteiger charge is 2.35. The van der Waals surface area contributed by atoms with Crippen molar-refractivity contribution in [1.29, 1.82) is 0 Å². The van der Waals surface area contributed by atoms with Gasteiger partial charge in [0.05, 0.1) is 31.3 Å². The first-order valence-corrected chi connectivity index (χ1v) is 8.28. The highest BCUT2D eigenvalue weighted by molar-refractivity contribution is 6.21. The minimum absolute atomic E-state index is 0.00706. The van der Waals surface area contributed by atoms with E-state index in [4.69, 9.17) is 4.74 Å². The summed E-state index contributed by atoms with van der Waals surface area (Å²) in [6.45, 7) is 0.818. The lowest BCUT2D eigenvalue weighted by Crippen LogP contribution is -2.39. The van der Waals surface area contributed by atoms with Crippen molar-refractivity contribution >= 4 is 23.7 Å². The number of amides is 3. The summed E-state index contributed by atoms with van der Waals surface area (Å²) in [5.41, 5.74) is 0.707. The largest absolute Gasteiger partial charge is 0.469 e. The Bertz CT molecular complexity index is 668. The fraction of sp³-hybridized carbons (Fsp3) is 0.444. The molecule has 140 valence electrons. The lowest BCUT2D eigenvalue weighted by molar-refractivity contribution is -0.141. The number of fused-ring (bicyclic) bond motifs is 1. The zero-order valence-electron chi connectivity index (χ0n) is 14.9. The number of methoxy groups -OCH3 is 2. The number of rotatable bonds is 9. The Labute approximate surface area is 151 Å². The van der Waals surface area contributed by atoms with Crippen LogP contribution in [0.15, 0.2) is 24.3 Å². The van der Waals surface area contributed by atoms with Crippen molar-refractivity contribution in [1.82, 2.24) is 9.80 Å². The van der Waals surface area contributed by atoms with Crippen molar-refractivity contribution in [2.75, 3.05) is 40.5 Å². The molecular formula is C18H22N2O6. The van der Waals surface area contributed by atoms with E-state index in [1.165, 1.54) is 19.1 Å². The molecule has 1 aliphatic heterocycles. The Kier molecular flexibility index (Phi) is 6.85. The molecule has 8 nitrogen and oxygen atoms in total. The zero-order chi connectivity index (χ0) is 19.1. The first kappa shape index (κ1) is 19.6. The Morgan fingerprint density at radius 2 is 1.62 bits per heavy atom. The van der Waals surface area contributed by atoms with Crippen LogP contribution in [0.1, 0.15) is 33.6 Å². The van der Waals surface area contributed by atoms with Crippen molar-refractivity contribution in [3.05, 3.63) is 35.4 Å². The molecule has 1 aliphatic rings. The van der Waals surface area contributed by atoms with Crippen LogP contribution >= 0.6 is 0 Å². The van der Waals surface area contributed by atoms with E-state index < -0.39 is 17.8 Å². The van der Waals surface area contributed by atoms with Gasteiger partial charge in [0.25, 0.3) is 11.8 Å². The molecule has 1 heterocycles. The molecule has 0 aliphatic carbocycles. The van der Waals surface area contributed by atoms with E-state index in [1.54, 1.807) is 24.3 Å². The molecule has 26 heavy (non-hydrogen) atoms. The molecule has 0 saturated carbocycles. The van der Waals surface area contributed by atoms with Gasteiger partial charge in [-0.05, 0) is 12.1 Å². The molecule has 1 aromatic rings. The number of benzene rings is 1. The SMILES string of the molecule is COCCN(CCC(=O)OC)C(=O)CCN1C(=O)c2ccccc2C1=O. The second kappa shape index (κ2) is 9.10. The number of carbonyl (C=O) groups excluding carboxylic acids is 4. The van der Waals surface area contributed by atoms with Crippen LogP contribution in [0.5, 0.6) is 0 Å². The molecule has 8 heteroatoms. The number of imide groups is 1. The van der Waals surface area contributed by atoms with E-state index in [0.717, 1.165) is 4.90 Å². The molecule has 0 unspecified atom stereocenters. The van der Waals surface area contributed by atoms with Crippen LogP contribution in [0.25, 0.3) is 0 Å². The first-order valence-electron chi connectivity index (χ1n) is 8.28. The number of ether oxygens (including phenoxy) is 2. The van der Waals surface area contributed by atoms with Gasteiger partial charge in [0.15, 0.2) is 0 Å². The molecule has 0 atom stereocenters. The summed E-state index contributed by atoms with van der Waals surface area (Å²) in [5, 5.41) is 0. The minimum Gasteiger partial charge on any atom is -0.469 e. The van der Waals surface area contributed by atoms with Gasteiger partial charge in [-0.1, -0.05) is 12.1 Å². The normalized spacial score (nSPS) is 12.9. The quantitative estimate of drug-likeness (QED) is 0.474. The van der Waals surface area contributed by atoms with E-state index in [0.29, 0.717) is 24.3 Å². The Morgan fingerprint density at radius 3 is 2.15 bits per heavy atom. The molecule has 0 aromatic heterocycles. The van der Waals surface area contributed by atoms with Gasteiger partial charge in [-0.25, -0.2) is 0 Å². The molecule has 1 aromatic carbocycles. The summed E-state index contributed by atoms with van der Waals surface area (Å²) in [5.74, 6) is -1.46. The molecule has 0 radical (unpaired) electrons. The predicted molar refractivity (Wildman–Crippen MR) is 91.5 cm³/mol. The maximum Gasteiger partial charge on any atom is 0.307 e. The summed E-state index contributed by atoms with van der Waals surface area (Å²) in [6.07, 6.45) is 0.0509. The van der Waals surface area contributed by atoms with Gasteiger partial charge in [0.2, 0.25) is 5.91 Å². The fourth-order valence-corrected chi connectivity index (χ4v) is 2.70. The fourth-order valence-electron chi connectivity index (χ4n) is 2.70. The molecule has 2 rings (SSSR count). The molecular weight excluding hydrogens is 340 g/mol. The van der Waals surface area contributed by atoms with Crippen LogP contribution < -0.4 is 0 Å². The maximum atomic E-state index is 12.5. The van der Waals surface area contributed by atoms with E-state index in [2.05, 4.69) is 4.74 Å². The highest BCUT2D eigenvalue weighted by atomic mass is 16.5. The van der Waals surface area contributed by atoms with Crippen LogP contribution in [0.2, 0.25) is 0 Å². The highest BCUT2D eigenvalue weighted by Crippen LogP contribution is 2.22. The van der Waals surface area contributed by atoms with E-state index in [1.807, 2.05) is 0 Å². The average molecular weight is 362 g/mol. The standard InChI is InChI=1S/C18H22N2O6/c1-25-12-11-19(9-8-16(22)26-2)15(21)7-10-20-17(23)13-5-3-4-6-14(13)18(20)24/h3-6H,7-12H2,1-2H3. The third kappa shape index (κ3) is 4.45. The van der Waals surface area contributed by atoms with Gasteiger partial charge in [-0.15, -0.1) is 0 Å². The first-order chi connectivity index (χ1) is 12.5. The zero-order valence-corrected chi connectivity index (χ0v) is 14.9. The smallest absolute Gasteiger partial charge is 0.307 e. The molecule has 0 N–H and O–H groups in total. The maximum absolute atomic E-state index is 12.5. The number of hydrogen-bond donors (Lipinski definition) is 0. The van der Waals surface area contributed by atoms with Gasteiger partial charge in [-0.3, -0.25) is 24.1 Å². The molecule has 0 spiro atoms. The van der Waals surface area contributed by atoms with Crippen LogP contribution in [0.4, 0.5) is 0 Å². The minimum atomic E-state index is -0.416. The van der Waals surface area contributed by atoms with Crippen LogP contribution in [0, 0.1) is 0 Å². The lowest BCUT2D eigenvalue weighted by Gasteiger charge is -2.23. The van der Waals surface area contributed by atoms with Gasteiger partial charge >= 0.3 is 5.97 Å². The third-order valence-electron chi connectivity index (χ3n) is 4.16. The van der Waals surface area contributed by atoms with Crippen molar-refractivity contribution in [2.24, 2.45) is 0 Å². The van der Waals surface area contributed by atoms with E-state index in [9.17, 15) is 19.2 Å².